The SMILES string of the molecule is CC(C)OC(=O)N[C@H]1Cc2c(n(CC3NCCC3(C)O)c3ccc(C#N)cc23)C1. The molecule has 0 spiro atoms. The first-order valence-electron chi connectivity index (χ1n) is 10.3. The third-order valence-corrected chi connectivity index (χ3v) is 6.11. The molecule has 2 unspecified atom stereocenters. The number of carbonyl (C=O) groups is 1. The zero-order valence-electron chi connectivity index (χ0n) is 17.2. The van der Waals surface area contributed by atoms with E-state index < -0.39 is 11.7 Å². The summed E-state index contributed by atoms with van der Waals surface area (Å²) in [7, 11) is 0. The van der Waals surface area contributed by atoms with E-state index in [0.29, 0.717) is 24.9 Å². The van der Waals surface area contributed by atoms with Crippen molar-refractivity contribution >= 4 is 17.0 Å². The molecular formula is C22H28N4O3. The van der Waals surface area contributed by atoms with Crippen molar-refractivity contribution in [2.24, 2.45) is 0 Å². The van der Waals surface area contributed by atoms with Gasteiger partial charge in [0.1, 0.15) is 0 Å². The Kier molecular flexibility index (Phi) is 5.01. The molecule has 3 atom stereocenters. The molecule has 29 heavy (non-hydrogen) atoms. The number of amides is 1. The van der Waals surface area contributed by atoms with Gasteiger partial charge in [-0.1, -0.05) is 0 Å². The van der Waals surface area contributed by atoms with Crippen molar-refractivity contribution < 1.29 is 14.6 Å². The lowest BCUT2D eigenvalue weighted by molar-refractivity contribution is 0.0417. The Morgan fingerprint density at radius 3 is 2.93 bits per heavy atom. The first kappa shape index (κ1) is 19.7. The Hall–Kier alpha value is -2.56. The van der Waals surface area contributed by atoms with Gasteiger partial charge in [-0.25, -0.2) is 4.79 Å². The predicted molar refractivity (Wildman–Crippen MR) is 110 cm³/mol. The van der Waals surface area contributed by atoms with Crippen LogP contribution in [-0.2, 0) is 24.1 Å². The Morgan fingerprint density at radius 2 is 2.28 bits per heavy atom. The van der Waals surface area contributed by atoms with Crippen LogP contribution in [0, 0.1) is 11.3 Å². The monoisotopic (exact) mass is 396 g/mol. The average Bonchev–Trinajstić information content (AvgIpc) is 3.28. The molecule has 1 saturated heterocycles. The van der Waals surface area contributed by atoms with E-state index in [1.54, 1.807) is 0 Å². The fourth-order valence-corrected chi connectivity index (χ4v) is 4.62. The molecule has 0 saturated carbocycles. The van der Waals surface area contributed by atoms with Gasteiger partial charge in [0.25, 0.3) is 0 Å². The molecule has 1 aliphatic carbocycles. The van der Waals surface area contributed by atoms with Crippen molar-refractivity contribution in [3.8, 4) is 6.07 Å². The highest BCUT2D eigenvalue weighted by Gasteiger charge is 2.38. The van der Waals surface area contributed by atoms with E-state index in [9.17, 15) is 15.2 Å². The van der Waals surface area contributed by atoms with Gasteiger partial charge in [0, 0.05) is 35.6 Å². The number of hydrogen-bond acceptors (Lipinski definition) is 5. The minimum atomic E-state index is -0.757. The van der Waals surface area contributed by atoms with E-state index in [2.05, 4.69) is 21.3 Å². The van der Waals surface area contributed by atoms with Crippen molar-refractivity contribution in [1.82, 2.24) is 15.2 Å². The maximum Gasteiger partial charge on any atom is 0.407 e. The van der Waals surface area contributed by atoms with Gasteiger partial charge in [-0.05, 0) is 63.9 Å². The molecular weight excluding hydrogens is 368 g/mol. The summed E-state index contributed by atoms with van der Waals surface area (Å²) in [6, 6.07) is 7.90. The van der Waals surface area contributed by atoms with E-state index in [-0.39, 0.29) is 18.2 Å². The van der Waals surface area contributed by atoms with E-state index in [0.717, 1.165) is 29.6 Å². The lowest BCUT2D eigenvalue weighted by Gasteiger charge is -2.27. The molecule has 7 nitrogen and oxygen atoms in total. The van der Waals surface area contributed by atoms with E-state index in [1.165, 1.54) is 5.56 Å². The fraction of sp³-hybridized carbons (Fsp3) is 0.545. The predicted octanol–water partition coefficient (Wildman–Crippen LogP) is 2.23. The summed E-state index contributed by atoms with van der Waals surface area (Å²) in [6.45, 7) is 6.98. The standard InChI is InChI=1S/C22H28N4O3/c1-13(2)29-21(27)25-15-9-17-16-8-14(11-23)4-5-18(16)26(19(17)10-15)12-20-22(3,28)6-7-24-20/h4-5,8,13,15,20,24,28H,6-7,9-10,12H2,1-3H3,(H,25,27)/t15-,20?,22?/m0/s1. The third-order valence-electron chi connectivity index (χ3n) is 6.11. The lowest BCUT2D eigenvalue weighted by atomic mass is 9.97. The minimum Gasteiger partial charge on any atom is -0.447 e. The average molecular weight is 396 g/mol. The van der Waals surface area contributed by atoms with Crippen molar-refractivity contribution in [3.05, 3.63) is 35.0 Å². The van der Waals surface area contributed by atoms with Gasteiger partial charge in [0.05, 0.1) is 29.4 Å². The van der Waals surface area contributed by atoms with Crippen LogP contribution in [0.3, 0.4) is 0 Å². The zero-order chi connectivity index (χ0) is 20.8. The summed E-state index contributed by atoms with van der Waals surface area (Å²) >= 11 is 0. The lowest BCUT2D eigenvalue weighted by Crippen LogP contribution is -2.43. The topological polar surface area (TPSA) is 99.3 Å². The Morgan fingerprint density at radius 1 is 1.48 bits per heavy atom. The number of hydrogen-bond donors (Lipinski definition) is 3. The second-order valence-corrected chi connectivity index (χ2v) is 8.70. The number of rotatable bonds is 4. The van der Waals surface area contributed by atoms with E-state index in [4.69, 9.17) is 4.74 Å². The van der Waals surface area contributed by atoms with Gasteiger partial charge in [0.15, 0.2) is 0 Å². The van der Waals surface area contributed by atoms with Crippen molar-refractivity contribution in [1.29, 1.82) is 5.26 Å². The molecule has 2 aliphatic rings. The number of aromatic nitrogens is 1. The highest BCUT2D eigenvalue weighted by molar-refractivity contribution is 5.88. The van der Waals surface area contributed by atoms with E-state index >= 15 is 0 Å². The Bertz CT molecular complexity index is 986. The zero-order valence-corrected chi connectivity index (χ0v) is 17.2. The molecule has 1 amide bonds. The van der Waals surface area contributed by atoms with Gasteiger partial charge >= 0.3 is 6.09 Å². The number of alkyl carbamates (subject to hydrolysis) is 1. The maximum atomic E-state index is 12.1. The molecule has 1 aliphatic heterocycles. The third kappa shape index (κ3) is 3.70. The number of fused-ring (bicyclic) bond motifs is 3. The maximum absolute atomic E-state index is 12.1. The fourth-order valence-electron chi connectivity index (χ4n) is 4.62. The quantitative estimate of drug-likeness (QED) is 0.736. The number of nitriles is 1. The first-order chi connectivity index (χ1) is 13.8. The number of nitrogens with zero attached hydrogens (tertiary/aromatic N) is 2. The molecule has 2 aromatic rings. The molecule has 0 radical (unpaired) electrons. The number of nitrogens with one attached hydrogen (secondary N) is 2. The summed E-state index contributed by atoms with van der Waals surface area (Å²) in [5.74, 6) is 0. The molecule has 2 heterocycles. The number of benzene rings is 1. The molecule has 1 fully saturated rings. The van der Waals surface area contributed by atoms with Gasteiger partial charge < -0.3 is 25.0 Å². The van der Waals surface area contributed by atoms with Crippen molar-refractivity contribution in [2.45, 2.75) is 70.4 Å². The van der Waals surface area contributed by atoms with Crippen molar-refractivity contribution in [3.63, 3.8) is 0 Å². The highest BCUT2D eigenvalue weighted by atomic mass is 16.6. The van der Waals surface area contributed by atoms with Crippen LogP contribution in [0.1, 0.15) is 44.0 Å². The van der Waals surface area contributed by atoms with Crippen LogP contribution in [0.4, 0.5) is 4.79 Å². The number of ether oxygens (including phenoxy) is 1. The largest absolute Gasteiger partial charge is 0.447 e. The second-order valence-electron chi connectivity index (χ2n) is 8.70. The van der Waals surface area contributed by atoms with Crippen LogP contribution in [-0.4, -0.2) is 46.1 Å². The molecule has 4 rings (SSSR count). The van der Waals surface area contributed by atoms with Crippen LogP contribution in [0.15, 0.2) is 18.2 Å². The summed E-state index contributed by atoms with van der Waals surface area (Å²) in [5, 5.41) is 27.5. The highest BCUT2D eigenvalue weighted by Crippen LogP contribution is 2.35. The smallest absolute Gasteiger partial charge is 0.407 e. The van der Waals surface area contributed by atoms with Crippen molar-refractivity contribution in [2.75, 3.05) is 6.54 Å². The summed E-state index contributed by atoms with van der Waals surface area (Å²) in [6.07, 6.45) is 1.57. The van der Waals surface area contributed by atoms with Gasteiger partial charge in [-0.2, -0.15) is 5.26 Å². The molecule has 154 valence electrons. The Balaban J connectivity index is 1.67. The van der Waals surface area contributed by atoms with Gasteiger partial charge in [0.2, 0.25) is 0 Å². The molecule has 1 aromatic carbocycles. The van der Waals surface area contributed by atoms with Gasteiger partial charge in [-0.3, -0.25) is 0 Å². The molecule has 3 N–H and O–H groups in total. The summed E-state index contributed by atoms with van der Waals surface area (Å²) in [4.78, 5) is 12.1. The van der Waals surface area contributed by atoms with Crippen LogP contribution in [0.5, 0.6) is 0 Å². The number of aliphatic hydroxyl groups is 1. The van der Waals surface area contributed by atoms with Crippen LogP contribution in [0.25, 0.3) is 10.9 Å². The second kappa shape index (κ2) is 7.36. The molecule has 7 heteroatoms. The van der Waals surface area contributed by atoms with Crippen LogP contribution in [0.2, 0.25) is 0 Å². The van der Waals surface area contributed by atoms with Gasteiger partial charge in [-0.15, -0.1) is 0 Å². The normalized spacial score (nSPS) is 25.9. The number of carbonyl (C=O) groups excluding carboxylic acids is 1. The first-order valence-corrected chi connectivity index (χ1v) is 10.3. The summed E-state index contributed by atoms with van der Waals surface area (Å²) in [5.41, 5.74) is 3.27. The van der Waals surface area contributed by atoms with E-state index in [1.807, 2.05) is 39.0 Å². The summed E-state index contributed by atoms with van der Waals surface area (Å²) < 4.78 is 7.48. The van der Waals surface area contributed by atoms with Crippen LogP contribution < -0.4 is 10.6 Å². The van der Waals surface area contributed by atoms with Crippen LogP contribution >= 0.6 is 0 Å². The molecule has 1 aromatic heterocycles. The minimum absolute atomic E-state index is 0.0373. The molecule has 0 bridgehead atoms. The Labute approximate surface area is 170 Å².